The Kier molecular flexibility index (Phi) is 4.28. The summed E-state index contributed by atoms with van der Waals surface area (Å²) in [6.45, 7) is 3.74. The van der Waals surface area contributed by atoms with Crippen molar-refractivity contribution in [3.05, 3.63) is 47.0 Å². The van der Waals surface area contributed by atoms with Gasteiger partial charge in [0.25, 0.3) is 0 Å². The van der Waals surface area contributed by atoms with E-state index in [2.05, 4.69) is 0 Å². The van der Waals surface area contributed by atoms with E-state index in [0.29, 0.717) is 17.1 Å². The zero-order chi connectivity index (χ0) is 19.1. The summed E-state index contributed by atoms with van der Waals surface area (Å²) in [4.78, 5) is 13.2. The standard InChI is InChI=1S/C20H20O6/c1-20(2)6-5-13-14(7-11(21)8-16(13)26-20)19(23)18-15(22)9-12(24-3)10-17(18)25-4/h5-10,21-22H,1-4H3. The van der Waals surface area contributed by atoms with E-state index in [9.17, 15) is 15.0 Å². The number of aromatic hydroxyl groups is 2. The number of benzene rings is 2. The number of hydrogen-bond donors (Lipinski definition) is 2. The summed E-state index contributed by atoms with van der Waals surface area (Å²) in [5.41, 5.74) is 0.162. The Morgan fingerprint density at radius 1 is 1.08 bits per heavy atom. The van der Waals surface area contributed by atoms with Crippen molar-refractivity contribution in [3.63, 3.8) is 0 Å². The highest BCUT2D eigenvalue weighted by molar-refractivity contribution is 6.15. The van der Waals surface area contributed by atoms with Gasteiger partial charge in [-0.05, 0) is 26.0 Å². The van der Waals surface area contributed by atoms with Crippen LogP contribution in [-0.2, 0) is 0 Å². The molecule has 6 nitrogen and oxygen atoms in total. The first kappa shape index (κ1) is 17.7. The summed E-state index contributed by atoms with van der Waals surface area (Å²) in [5, 5.41) is 20.4. The third-order valence-corrected chi connectivity index (χ3v) is 4.13. The molecule has 26 heavy (non-hydrogen) atoms. The molecule has 0 radical (unpaired) electrons. The molecule has 0 aromatic heterocycles. The van der Waals surface area contributed by atoms with Crippen LogP contribution in [0.1, 0.15) is 35.3 Å². The maximum atomic E-state index is 13.2. The smallest absolute Gasteiger partial charge is 0.201 e. The molecule has 0 saturated carbocycles. The van der Waals surface area contributed by atoms with Crippen LogP contribution < -0.4 is 14.2 Å². The fourth-order valence-electron chi connectivity index (χ4n) is 2.88. The number of phenols is 2. The van der Waals surface area contributed by atoms with Crippen molar-refractivity contribution < 1.29 is 29.2 Å². The number of phenolic OH excluding ortho intramolecular Hbond substituents is 2. The number of fused-ring (bicyclic) bond motifs is 1. The normalized spacial score (nSPS) is 14.3. The molecule has 1 heterocycles. The van der Waals surface area contributed by atoms with E-state index < -0.39 is 11.4 Å². The predicted octanol–water partition coefficient (Wildman–Crippen LogP) is 3.53. The minimum absolute atomic E-state index is 0.0145. The number of hydrogen-bond acceptors (Lipinski definition) is 6. The van der Waals surface area contributed by atoms with Gasteiger partial charge < -0.3 is 24.4 Å². The second-order valence-corrected chi connectivity index (χ2v) is 6.50. The third-order valence-electron chi connectivity index (χ3n) is 4.13. The van der Waals surface area contributed by atoms with Gasteiger partial charge in [0, 0.05) is 29.3 Å². The van der Waals surface area contributed by atoms with Gasteiger partial charge in [0.2, 0.25) is 5.78 Å². The highest BCUT2D eigenvalue weighted by Crippen LogP contribution is 2.40. The zero-order valence-electron chi connectivity index (χ0n) is 15.0. The first-order valence-corrected chi connectivity index (χ1v) is 8.00. The maximum Gasteiger partial charge on any atom is 0.201 e. The lowest BCUT2D eigenvalue weighted by Gasteiger charge is -2.29. The van der Waals surface area contributed by atoms with Gasteiger partial charge in [-0.3, -0.25) is 4.79 Å². The van der Waals surface area contributed by atoms with E-state index in [1.54, 1.807) is 6.08 Å². The van der Waals surface area contributed by atoms with Crippen LogP contribution in [0.15, 0.2) is 30.3 Å². The molecule has 3 rings (SSSR count). The predicted molar refractivity (Wildman–Crippen MR) is 96.5 cm³/mol. The fraction of sp³-hybridized carbons (Fsp3) is 0.250. The van der Waals surface area contributed by atoms with Gasteiger partial charge >= 0.3 is 0 Å². The van der Waals surface area contributed by atoms with Crippen molar-refractivity contribution >= 4 is 11.9 Å². The maximum absolute atomic E-state index is 13.2. The molecule has 0 aliphatic carbocycles. The molecule has 0 bridgehead atoms. The third kappa shape index (κ3) is 3.06. The van der Waals surface area contributed by atoms with Crippen LogP contribution >= 0.6 is 0 Å². The monoisotopic (exact) mass is 356 g/mol. The topological polar surface area (TPSA) is 85.2 Å². The van der Waals surface area contributed by atoms with Gasteiger partial charge in [-0.2, -0.15) is 0 Å². The molecule has 0 atom stereocenters. The number of methoxy groups -OCH3 is 2. The average Bonchev–Trinajstić information content (AvgIpc) is 2.58. The number of ether oxygens (including phenoxy) is 3. The zero-order valence-corrected chi connectivity index (χ0v) is 15.0. The summed E-state index contributed by atoms with van der Waals surface area (Å²) in [6, 6.07) is 5.65. The van der Waals surface area contributed by atoms with E-state index in [-0.39, 0.29) is 28.4 Å². The number of rotatable bonds is 4. The second kappa shape index (κ2) is 6.29. The number of ketones is 1. The number of carbonyl (C=O) groups excluding carboxylic acids is 1. The molecule has 0 fully saturated rings. The first-order chi connectivity index (χ1) is 12.3. The Labute approximate surface area is 151 Å². The molecule has 0 unspecified atom stereocenters. The largest absolute Gasteiger partial charge is 0.508 e. The lowest BCUT2D eigenvalue weighted by molar-refractivity contribution is 0.103. The highest BCUT2D eigenvalue weighted by atomic mass is 16.5. The molecule has 2 aromatic rings. The van der Waals surface area contributed by atoms with E-state index >= 15 is 0 Å². The Morgan fingerprint density at radius 3 is 2.46 bits per heavy atom. The summed E-state index contributed by atoms with van der Waals surface area (Å²) < 4.78 is 16.2. The van der Waals surface area contributed by atoms with Gasteiger partial charge in [0.1, 0.15) is 39.9 Å². The van der Waals surface area contributed by atoms with Crippen molar-refractivity contribution in [3.8, 4) is 28.7 Å². The van der Waals surface area contributed by atoms with E-state index in [1.807, 2.05) is 19.9 Å². The van der Waals surface area contributed by atoms with E-state index in [1.165, 1.54) is 38.5 Å². The van der Waals surface area contributed by atoms with Crippen molar-refractivity contribution in [1.82, 2.24) is 0 Å². The summed E-state index contributed by atoms with van der Waals surface area (Å²) in [7, 11) is 2.85. The van der Waals surface area contributed by atoms with E-state index in [4.69, 9.17) is 14.2 Å². The lowest BCUT2D eigenvalue weighted by atomic mass is 9.93. The molecular weight excluding hydrogens is 336 g/mol. The molecule has 0 amide bonds. The summed E-state index contributed by atoms with van der Waals surface area (Å²) in [5.74, 6) is 0.0493. The quantitative estimate of drug-likeness (QED) is 0.815. The molecule has 1 aliphatic heterocycles. The molecular formula is C20H20O6. The molecule has 136 valence electrons. The minimum atomic E-state index is -0.555. The van der Waals surface area contributed by atoms with Crippen LogP contribution in [0.5, 0.6) is 28.7 Å². The Morgan fingerprint density at radius 2 is 1.81 bits per heavy atom. The van der Waals surface area contributed by atoms with Gasteiger partial charge in [-0.15, -0.1) is 0 Å². The van der Waals surface area contributed by atoms with E-state index in [0.717, 1.165) is 0 Å². The molecule has 0 spiro atoms. The molecule has 6 heteroatoms. The van der Waals surface area contributed by atoms with Crippen LogP contribution in [-0.4, -0.2) is 35.8 Å². The number of carbonyl (C=O) groups is 1. The van der Waals surface area contributed by atoms with Crippen molar-refractivity contribution in [2.45, 2.75) is 19.4 Å². The van der Waals surface area contributed by atoms with Gasteiger partial charge in [0.15, 0.2) is 0 Å². The van der Waals surface area contributed by atoms with Crippen LogP contribution in [0.2, 0.25) is 0 Å². The summed E-state index contributed by atoms with van der Waals surface area (Å²) in [6.07, 6.45) is 3.60. The Hall–Kier alpha value is -3.15. The average molecular weight is 356 g/mol. The Balaban J connectivity index is 2.17. The molecule has 1 aliphatic rings. The van der Waals surface area contributed by atoms with Gasteiger partial charge in [-0.25, -0.2) is 0 Å². The van der Waals surface area contributed by atoms with Crippen LogP contribution in [0, 0.1) is 0 Å². The lowest BCUT2D eigenvalue weighted by Crippen LogP contribution is -2.28. The van der Waals surface area contributed by atoms with Crippen LogP contribution in [0.3, 0.4) is 0 Å². The van der Waals surface area contributed by atoms with Crippen LogP contribution in [0.4, 0.5) is 0 Å². The molecule has 0 saturated heterocycles. The Bertz CT molecular complexity index is 911. The second-order valence-electron chi connectivity index (χ2n) is 6.50. The summed E-state index contributed by atoms with van der Waals surface area (Å²) >= 11 is 0. The van der Waals surface area contributed by atoms with Crippen molar-refractivity contribution in [2.24, 2.45) is 0 Å². The van der Waals surface area contributed by atoms with Crippen LogP contribution in [0.25, 0.3) is 6.08 Å². The highest BCUT2D eigenvalue weighted by Gasteiger charge is 2.29. The van der Waals surface area contributed by atoms with Crippen molar-refractivity contribution in [1.29, 1.82) is 0 Å². The fourth-order valence-corrected chi connectivity index (χ4v) is 2.88. The SMILES string of the molecule is COc1cc(O)c(C(=O)c2cc(O)cc3c2C=CC(C)(C)O3)c(OC)c1. The molecule has 2 aromatic carbocycles. The molecule has 2 N–H and O–H groups in total. The minimum Gasteiger partial charge on any atom is -0.508 e. The van der Waals surface area contributed by atoms with Crippen molar-refractivity contribution in [2.75, 3.05) is 14.2 Å². The first-order valence-electron chi connectivity index (χ1n) is 8.00. The van der Waals surface area contributed by atoms with Gasteiger partial charge in [0.05, 0.1) is 14.2 Å². The van der Waals surface area contributed by atoms with Gasteiger partial charge in [-0.1, -0.05) is 6.08 Å².